The van der Waals surface area contributed by atoms with Gasteiger partial charge in [-0.3, -0.25) is 9.59 Å². The van der Waals surface area contributed by atoms with E-state index >= 15 is 0 Å². The number of carbonyl (C=O) groups is 3. The van der Waals surface area contributed by atoms with Crippen molar-refractivity contribution in [1.29, 1.82) is 0 Å². The van der Waals surface area contributed by atoms with Crippen molar-refractivity contribution in [2.45, 2.75) is 34.6 Å². The highest BCUT2D eigenvalue weighted by molar-refractivity contribution is 6.04. The van der Waals surface area contributed by atoms with E-state index in [0.29, 0.717) is 17.7 Å². The van der Waals surface area contributed by atoms with Crippen molar-refractivity contribution in [3.05, 3.63) is 70.7 Å². The van der Waals surface area contributed by atoms with Crippen LogP contribution in [0.1, 0.15) is 64.3 Å². The molecule has 2 amide bonds. The maximum atomic E-state index is 14.6. The predicted molar refractivity (Wildman–Crippen MR) is 117 cm³/mol. The normalized spacial score (nSPS) is 11.0. The van der Waals surface area contributed by atoms with Gasteiger partial charge in [0.05, 0.1) is 11.3 Å². The van der Waals surface area contributed by atoms with Crippen LogP contribution in [0, 0.1) is 18.2 Å². The number of ether oxygens (including phenoxy) is 1. The lowest BCUT2D eigenvalue weighted by atomic mass is 9.92. The number of halogens is 1. The fourth-order valence-electron chi connectivity index (χ4n) is 2.87. The fourth-order valence-corrected chi connectivity index (χ4v) is 2.87. The number of allylic oxidation sites excluding steroid dienone is 1. The summed E-state index contributed by atoms with van der Waals surface area (Å²) in [5.74, 6) is -2.39. The Morgan fingerprint density at radius 3 is 2.29 bits per heavy atom. The quantitative estimate of drug-likeness (QED) is 0.529. The number of nitrogens with one attached hydrogen (secondary N) is 1. The van der Waals surface area contributed by atoms with E-state index in [-0.39, 0.29) is 39.3 Å². The molecular formula is C24H27FN2O4. The number of carbonyl (C=O) groups excluding carboxylic acids is 3. The van der Waals surface area contributed by atoms with Gasteiger partial charge in [-0.2, -0.15) is 0 Å². The first-order chi connectivity index (χ1) is 14.3. The van der Waals surface area contributed by atoms with Crippen LogP contribution < -0.4 is 11.1 Å². The van der Waals surface area contributed by atoms with Crippen LogP contribution in [-0.4, -0.2) is 24.3 Å². The second kappa shape index (κ2) is 9.12. The van der Waals surface area contributed by atoms with E-state index < -0.39 is 17.7 Å². The third-order valence-corrected chi connectivity index (χ3v) is 4.46. The summed E-state index contributed by atoms with van der Waals surface area (Å²) in [4.78, 5) is 36.9. The zero-order chi connectivity index (χ0) is 23.5. The monoisotopic (exact) mass is 426 g/mol. The summed E-state index contributed by atoms with van der Waals surface area (Å²) in [6, 6.07) is 6.89. The fraction of sp³-hybridized carbons (Fsp3) is 0.292. The molecule has 0 aromatic heterocycles. The Labute approximate surface area is 181 Å². The molecule has 2 aromatic rings. The van der Waals surface area contributed by atoms with Gasteiger partial charge in [0, 0.05) is 17.7 Å². The van der Waals surface area contributed by atoms with Crippen molar-refractivity contribution in [1.82, 2.24) is 5.32 Å². The van der Waals surface area contributed by atoms with Gasteiger partial charge in [-0.15, -0.1) is 0 Å². The van der Waals surface area contributed by atoms with E-state index in [1.165, 1.54) is 38.1 Å². The Kier molecular flexibility index (Phi) is 7.00. The molecule has 0 radical (unpaired) electrons. The lowest BCUT2D eigenvalue weighted by Crippen LogP contribution is -2.32. The van der Waals surface area contributed by atoms with Crippen LogP contribution in [-0.2, 0) is 4.74 Å². The molecule has 0 aliphatic rings. The number of esters is 1. The van der Waals surface area contributed by atoms with Crippen molar-refractivity contribution in [2.24, 2.45) is 11.1 Å². The standard InChI is InChI=1S/C24H27FN2O4/c1-13(2)31-23(30)16-10-18(14(3)20(25)11-16)17-8-7-15(9-19(17)21(26)28)22(29)27-12-24(4,5)6/h7-11H,1,12H2,2-6H3,(H2,26,28)(H,27,29). The molecule has 0 aliphatic carbocycles. The van der Waals surface area contributed by atoms with Gasteiger partial charge in [0.1, 0.15) is 5.82 Å². The van der Waals surface area contributed by atoms with Crippen LogP contribution in [0.15, 0.2) is 42.7 Å². The summed E-state index contributed by atoms with van der Waals surface area (Å²) >= 11 is 0. The summed E-state index contributed by atoms with van der Waals surface area (Å²) < 4.78 is 19.5. The third kappa shape index (κ3) is 6.01. The van der Waals surface area contributed by atoms with Crippen LogP contribution in [0.3, 0.4) is 0 Å². The summed E-state index contributed by atoms with van der Waals surface area (Å²) in [6.07, 6.45) is 0. The molecule has 0 bridgehead atoms. The molecule has 164 valence electrons. The topological polar surface area (TPSA) is 98.5 Å². The molecule has 0 spiro atoms. The van der Waals surface area contributed by atoms with Crippen LogP contribution in [0.5, 0.6) is 0 Å². The number of benzene rings is 2. The van der Waals surface area contributed by atoms with E-state index in [2.05, 4.69) is 11.9 Å². The average Bonchev–Trinajstić information content (AvgIpc) is 2.66. The molecule has 0 fully saturated rings. The number of primary amides is 1. The lowest BCUT2D eigenvalue weighted by Gasteiger charge is -2.19. The molecular weight excluding hydrogens is 399 g/mol. The molecule has 0 atom stereocenters. The number of rotatable bonds is 6. The van der Waals surface area contributed by atoms with Crippen LogP contribution in [0.25, 0.3) is 11.1 Å². The molecule has 0 heterocycles. The Bertz CT molecular complexity index is 1070. The lowest BCUT2D eigenvalue weighted by molar-refractivity contribution is 0.0627. The molecule has 0 aliphatic heterocycles. The van der Waals surface area contributed by atoms with E-state index in [1.54, 1.807) is 0 Å². The largest absolute Gasteiger partial charge is 0.428 e. The van der Waals surface area contributed by atoms with E-state index in [9.17, 15) is 18.8 Å². The Hall–Kier alpha value is -3.48. The minimum atomic E-state index is -0.782. The van der Waals surface area contributed by atoms with Gasteiger partial charge < -0.3 is 15.8 Å². The van der Waals surface area contributed by atoms with Gasteiger partial charge in [0.25, 0.3) is 5.91 Å². The minimum Gasteiger partial charge on any atom is -0.428 e. The molecule has 7 heteroatoms. The second-order valence-electron chi connectivity index (χ2n) is 8.59. The molecule has 3 N–H and O–H groups in total. The molecule has 6 nitrogen and oxygen atoms in total. The zero-order valence-electron chi connectivity index (χ0n) is 18.4. The van der Waals surface area contributed by atoms with Gasteiger partial charge in [0.15, 0.2) is 0 Å². The first kappa shape index (κ1) is 23.8. The second-order valence-corrected chi connectivity index (χ2v) is 8.59. The number of hydrogen-bond donors (Lipinski definition) is 2. The van der Waals surface area contributed by atoms with Crippen molar-refractivity contribution in [3.63, 3.8) is 0 Å². The van der Waals surface area contributed by atoms with Crippen LogP contribution in [0.4, 0.5) is 4.39 Å². The zero-order valence-corrected chi connectivity index (χ0v) is 18.4. The van der Waals surface area contributed by atoms with Gasteiger partial charge >= 0.3 is 5.97 Å². The number of hydrogen-bond acceptors (Lipinski definition) is 4. The van der Waals surface area contributed by atoms with Crippen molar-refractivity contribution in [2.75, 3.05) is 6.54 Å². The molecule has 0 unspecified atom stereocenters. The van der Waals surface area contributed by atoms with E-state index in [1.807, 2.05) is 20.8 Å². The van der Waals surface area contributed by atoms with Gasteiger partial charge in [-0.25, -0.2) is 9.18 Å². The van der Waals surface area contributed by atoms with Crippen molar-refractivity contribution >= 4 is 17.8 Å². The summed E-state index contributed by atoms with van der Waals surface area (Å²) in [5, 5.41) is 2.81. The highest BCUT2D eigenvalue weighted by Gasteiger charge is 2.21. The summed E-state index contributed by atoms with van der Waals surface area (Å²) in [7, 11) is 0. The summed E-state index contributed by atoms with van der Waals surface area (Å²) in [6.45, 7) is 12.9. The van der Waals surface area contributed by atoms with Crippen LogP contribution in [0.2, 0.25) is 0 Å². The number of nitrogens with two attached hydrogens (primary N) is 1. The Balaban J connectivity index is 2.54. The first-order valence-electron chi connectivity index (χ1n) is 9.70. The smallest absolute Gasteiger partial charge is 0.343 e. The predicted octanol–water partition coefficient (Wildman–Crippen LogP) is 4.37. The number of amides is 2. The first-order valence-corrected chi connectivity index (χ1v) is 9.70. The summed E-state index contributed by atoms with van der Waals surface area (Å²) in [5.41, 5.74) is 6.50. The molecule has 2 rings (SSSR count). The van der Waals surface area contributed by atoms with Gasteiger partial charge in [-0.1, -0.05) is 33.4 Å². The Morgan fingerprint density at radius 1 is 1.10 bits per heavy atom. The molecule has 2 aromatic carbocycles. The van der Waals surface area contributed by atoms with Gasteiger partial charge in [-0.05, 0) is 60.2 Å². The maximum Gasteiger partial charge on any atom is 0.343 e. The highest BCUT2D eigenvalue weighted by atomic mass is 19.1. The Morgan fingerprint density at radius 2 is 1.74 bits per heavy atom. The van der Waals surface area contributed by atoms with Crippen molar-refractivity contribution < 1.29 is 23.5 Å². The molecule has 31 heavy (non-hydrogen) atoms. The molecule has 0 saturated heterocycles. The minimum absolute atomic E-state index is 0.0383. The molecule has 0 saturated carbocycles. The van der Waals surface area contributed by atoms with Crippen LogP contribution >= 0.6 is 0 Å². The third-order valence-electron chi connectivity index (χ3n) is 4.46. The average molecular weight is 426 g/mol. The SMILES string of the molecule is C=C(C)OC(=O)c1cc(F)c(C)c(-c2ccc(C(=O)NCC(C)(C)C)cc2C(N)=O)c1. The van der Waals surface area contributed by atoms with E-state index in [4.69, 9.17) is 10.5 Å². The van der Waals surface area contributed by atoms with Gasteiger partial charge in [0.2, 0.25) is 5.91 Å². The van der Waals surface area contributed by atoms with E-state index in [0.717, 1.165) is 6.07 Å². The van der Waals surface area contributed by atoms with Crippen molar-refractivity contribution in [3.8, 4) is 11.1 Å². The highest BCUT2D eigenvalue weighted by Crippen LogP contribution is 2.31. The maximum absolute atomic E-state index is 14.6.